The summed E-state index contributed by atoms with van der Waals surface area (Å²) in [7, 11) is 0.391. The number of rotatable bonds is 10. The Balaban J connectivity index is 2.22. The molecule has 0 spiro atoms. The first kappa shape index (κ1) is 24.2. The van der Waals surface area contributed by atoms with Crippen molar-refractivity contribution in [3.8, 4) is 11.5 Å². The summed E-state index contributed by atoms with van der Waals surface area (Å²) >= 11 is 0. The molecule has 0 unspecified atom stereocenters. The van der Waals surface area contributed by atoms with E-state index in [4.69, 9.17) is 14.2 Å². The minimum atomic E-state index is -3.64. The first-order valence-electron chi connectivity index (χ1n) is 9.32. The Morgan fingerprint density at radius 2 is 1.61 bits per heavy atom. The highest BCUT2D eigenvalue weighted by molar-refractivity contribution is 7.88. The van der Waals surface area contributed by atoms with Gasteiger partial charge in [-0.25, -0.2) is 13.2 Å². The van der Waals surface area contributed by atoms with E-state index in [1.165, 1.54) is 33.5 Å². The Hall–Kier alpha value is -3.11. The number of benzene rings is 2. The number of hydrogen-bond acceptors (Lipinski definition) is 7. The van der Waals surface area contributed by atoms with Crippen molar-refractivity contribution < 1.29 is 32.2 Å². The van der Waals surface area contributed by atoms with Crippen LogP contribution < -0.4 is 14.8 Å². The zero-order valence-electron chi connectivity index (χ0n) is 17.9. The highest BCUT2D eigenvalue weighted by Crippen LogP contribution is 2.33. The lowest BCUT2D eigenvalue weighted by molar-refractivity contribution is -0.116. The van der Waals surface area contributed by atoms with E-state index in [0.29, 0.717) is 6.42 Å². The lowest BCUT2D eigenvalue weighted by Gasteiger charge is -2.20. The molecule has 1 N–H and O–H groups in total. The Morgan fingerprint density at radius 3 is 2.16 bits per heavy atom. The van der Waals surface area contributed by atoms with Crippen molar-refractivity contribution in [1.82, 2.24) is 4.31 Å². The molecule has 10 heteroatoms. The Bertz CT molecular complexity index is 1020. The van der Waals surface area contributed by atoms with Crippen molar-refractivity contribution >= 4 is 27.6 Å². The van der Waals surface area contributed by atoms with Gasteiger partial charge in [0.05, 0.1) is 45.4 Å². The van der Waals surface area contributed by atoms with Gasteiger partial charge in [-0.3, -0.25) is 4.79 Å². The highest BCUT2D eigenvalue weighted by atomic mass is 32.2. The van der Waals surface area contributed by atoms with Crippen LogP contribution in [0.15, 0.2) is 42.5 Å². The van der Waals surface area contributed by atoms with Crippen LogP contribution in [0.3, 0.4) is 0 Å². The van der Waals surface area contributed by atoms with Gasteiger partial charge in [-0.1, -0.05) is 30.3 Å². The largest absolute Gasteiger partial charge is 0.493 e. The monoisotopic (exact) mass is 450 g/mol. The summed E-state index contributed by atoms with van der Waals surface area (Å²) in [6.45, 7) is -0.285. The molecule has 0 radical (unpaired) electrons. The summed E-state index contributed by atoms with van der Waals surface area (Å²) in [6.07, 6.45) is 1.49. The fourth-order valence-electron chi connectivity index (χ4n) is 2.87. The average Bonchev–Trinajstić information content (AvgIpc) is 2.75. The minimum absolute atomic E-state index is 0.0451. The number of esters is 1. The van der Waals surface area contributed by atoms with Crippen LogP contribution in [0, 0.1) is 0 Å². The van der Waals surface area contributed by atoms with Gasteiger partial charge in [-0.15, -0.1) is 0 Å². The van der Waals surface area contributed by atoms with Gasteiger partial charge in [0.25, 0.3) is 0 Å². The molecule has 1 amide bonds. The van der Waals surface area contributed by atoms with Crippen molar-refractivity contribution in [3.05, 3.63) is 53.6 Å². The third-order valence-corrected chi connectivity index (χ3v) is 5.73. The fraction of sp³-hybridized carbons (Fsp3) is 0.333. The molecule has 0 fully saturated rings. The molecular weight excluding hydrogens is 424 g/mol. The van der Waals surface area contributed by atoms with E-state index in [1.807, 2.05) is 30.3 Å². The van der Waals surface area contributed by atoms with Crippen molar-refractivity contribution in [2.24, 2.45) is 0 Å². The molecule has 2 aromatic rings. The van der Waals surface area contributed by atoms with E-state index in [-0.39, 0.29) is 29.3 Å². The smallest absolute Gasteiger partial charge is 0.340 e. The van der Waals surface area contributed by atoms with E-state index < -0.39 is 28.4 Å². The molecule has 0 bridgehead atoms. The standard InChI is InChI=1S/C21H26N2O7S/c1-28-18-12-16(21(25)30-3)17(13-19(18)29-2)22-20(24)14-23(31(4,26)27)11-10-15-8-6-5-7-9-15/h5-9,12-13H,10-11,14H2,1-4H3,(H,22,24). The SMILES string of the molecule is COC(=O)c1cc(OC)c(OC)cc1NC(=O)CN(CCc1ccccc1)S(C)(=O)=O. The number of hydrogen-bond donors (Lipinski definition) is 1. The molecule has 31 heavy (non-hydrogen) atoms. The molecule has 0 aliphatic heterocycles. The van der Waals surface area contributed by atoms with Crippen LogP contribution in [0.25, 0.3) is 0 Å². The second-order valence-corrected chi connectivity index (χ2v) is 8.61. The zero-order chi connectivity index (χ0) is 23.0. The lowest BCUT2D eigenvalue weighted by atomic mass is 10.1. The molecule has 0 heterocycles. The number of ether oxygens (including phenoxy) is 3. The molecule has 2 aromatic carbocycles. The van der Waals surface area contributed by atoms with Gasteiger partial charge in [0.2, 0.25) is 15.9 Å². The lowest BCUT2D eigenvalue weighted by Crippen LogP contribution is -2.38. The van der Waals surface area contributed by atoms with Crippen molar-refractivity contribution in [2.45, 2.75) is 6.42 Å². The number of nitrogens with zero attached hydrogens (tertiary/aromatic N) is 1. The van der Waals surface area contributed by atoms with E-state index >= 15 is 0 Å². The maximum Gasteiger partial charge on any atom is 0.340 e. The number of carbonyl (C=O) groups excluding carboxylic acids is 2. The van der Waals surface area contributed by atoms with Crippen LogP contribution in [0.5, 0.6) is 11.5 Å². The van der Waals surface area contributed by atoms with Crippen LogP contribution in [0.4, 0.5) is 5.69 Å². The molecule has 0 saturated carbocycles. The Morgan fingerprint density at radius 1 is 1.00 bits per heavy atom. The maximum absolute atomic E-state index is 12.7. The molecule has 0 aliphatic carbocycles. The van der Waals surface area contributed by atoms with E-state index in [0.717, 1.165) is 16.1 Å². The van der Waals surface area contributed by atoms with Crippen molar-refractivity contribution in [1.29, 1.82) is 0 Å². The summed E-state index contributed by atoms with van der Waals surface area (Å²) < 4.78 is 40.6. The van der Waals surface area contributed by atoms with Gasteiger partial charge in [-0.05, 0) is 12.0 Å². The first-order chi connectivity index (χ1) is 14.7. The van der Waals surface area contributed by atoms with E-state index in [9.17, 15) is 18.0 Å². The minimum Gasteiger partial charge on any atom is -0.493 e. The summed E-state index contributed by atoms with van der Waals surface area (Å²) in [5.74, 6) is -0.743. The van der Waals surface area contributed by atoms with Crippen LogP contribution in [-0.4, -0.2) is 65.3 Å². The van der Waals surface area contributed by atoms with Gasteiger partial charge < -0.3 is 19.5 Å². The molecular formula is C21H26N2O7S. The maximum atomic E-state index is 12.7. The van der Waals surface area contributed by atoms with Crippen LogP contribution in [-0.2, 0) is 26.0 Å². The third-order valence-electron chi connectivity index (χ3n) is 4.48. The predicted molar refractivity (Wildman–Crippen MR) is 116 cm³/mol. The van der Waals surface area contributed by atoms with Gasteiger partial charge in [0, 0.05) is 18.7 Å². The summed E-state index contributed by atoms with van der Waals surface area (Å²) in [4.78, 5) is 24.8. The van der Waals surface area contributed by atoms with Gasteiger partial charge >= 0.3 is 5.97 Å². The van der Waals surface area contributed by atoms with E-state index in [2.05, 4.69) is 5.32 Å². The molecule has 0 atom stereocenters. The molecule has 0 aromatic heterocycles. The van der Waals surface area contributed by atoms with Gasteiger partial charge in [0.1, 0.15) is 0 Å². The quantitative estimate of drug-likeness (QED) is 0.551. The number of amides is 1. The number of sulfonamides is 1. The number of nitrogens with one attached hydrogen (secondary N) is 1. The Kier molecular flexibility index (Phi) is 8.40. The fourth-order valence-corrected chi connectivity index (χ4v) is 3.65. The molecule has 2 rings (SSSR count). The summed E-state index contributed by atoms with van der Waals surface area (Å²) in [5.41, 5.74) is 1.11. The molecule has 0 saturated heterocycles. The Labute approximate surface area is 182 Å². The highest BCUT2D eigenvalue weighted by Gasteiger charge is 2.23. The van der Waals surface area contributed by atoms with Crippen LogP contribution in [0.1, 0.15) is 15.9 Å². The normalized spacial score (nSPS) is 11.1. The zero-order valence-corrected chi connectivity index (χ0v) is 18.7. The van der Waals surface area contributed by atoms with Crippen molar-refractivity contribution in [3.63, 3.8) is 0 Å². The second-order valence-electron chi connectivity index (χ2n) is 6.62. The molecule has 0 aliphatic rings. The molecule has 168 valence electrons. The summed E-state index contributed by atoms with van der Waals surface area (Å²) in [6, 6.07) is 12.1. The second kappa shape index (κ2) is 10.8. The average molecular weight is 451 g/mol. The van der Waals surface area contributed by atoms with Crippen molar-refractivity contribution in [2.75, 3.05) is 46.0 Å². The van der Waals surface area contributed by atoms with Crippen LogP contribution in [0.2, 0.25) is 0 Å². The van der Waals surface area contributed by atoms with Crippen LogP contribution >= 0.6 is 0 Å². The number of carbonyl (C=O) groups is 2. The summed E-state index contributed by atoms with van der Waals surface area (Å²) in [5, 5.41) is 2.57. The predicted octanol–water partition coefficient (Wildman–Crippen LogP) is 1.93. The topological polar surface area (TPSA) is 111 Å². The van der Waals surface area contributed by atoms with Gasteiger partial charge in [-0.2, -0.15) is 4.31 Å². The van der Waals surface area contributed by atoms with E-state index in [1.54, 1.807) is 0 Å². The number of anilines is 1. The number of methoxy groups -OCH3 is 3. The first-order valence-corrected chi connectivity index (χ1v) is 11.2. The van der Waals surface area contributed by atoms with Gasteiger partial charge in [0.15, 0.2) is 11.5 Å². The molecule has 9 nitrogen and oxygen atoms in total. The third kappa shape index (κ3) is 6.69.